The Labute approximate surface area is 134 Å². The van der Waals surface area contributed by atoms with Gasteiger partial charge >= 0.3 is 0 Å². The van der Waals surface area contributed by atoms with Gasteiger partial charge < -0.3 is 16.0 Å². The highest BCUT2D eigenvalue weighted by molar-refractivity contribution is 5.94. The van der Waals surface area contributed by atoms with Crippen molar-refractivity contribution in [2.45, 2.75) is 6.54 Å². The summed E-state index contributed by atoms with van der Waals surface area (Å²) in [6, 6.07) is 7.50. The topological polar surface area (TPSA) is 71.0 Å². The maximum atomic E-state index is 12.8. The Morgan fingerprint density at radius 3 is 2.96 bits per heavy atom. The molecule has 2 heterocycles. The molecule has 0 radical (unpaired) electrons. The molecule has 1 aliphatic heterocycles. The van der Waals surface area contributed by atoms with Crippen LogP contribution in [0.5, 0.6) is 0 Å². The maximum Gasteiger partial charge on any atom is 0.251 e. The Balaban J connectivity index is 1.33. The summed E-state index contributed by atoms with van der Waals surface area (Å²) >= 11 is 0. The minimum atomic E-state index is -0.343. The largest absolute Gasteiger partial charge is 0.370 e. The molecule has 3 N–H and O–H groups in total. The second kappa shape index (κ2) is 7.23. The smallest absolute Gasteiger partial charge is 0.251 e. The van der Waals surface area contributed by atoms with Gasteiger partial charge in [0.2, 0.25) is 0 Å². The van der Waals surface area contributed by atoms with Gasteiger partial charge in [-0.25, -0.2) is 9.07 Å². The first-order valence-electron chi connectivity index (χ1n) is 7.72. The number of amides is 1. The highest BCUT2D eigenvalue weighted by Gasteiger charge is 2.17. The van der Waals surface area contributed by atoms with Gasteiger partial charge in [0.1, 0.15) is 11.6 Å². The summed E-state index contributed by atoms with van der Waals surface area (Å²) in [6.07, 6.45) is 1.79. The van der Waals surface area contributed by atoms with Gasteiger partial charge in [0.15, 0.2) is 0 Å². The molecule has 0 spiro atoms. The van der Waals surface area contributed by atoms with Crippen molar-refractivity contribution < 1.29 is 9.18 Å². The van der Waals surface area contributed by atoms with E-state index in [0.717, 1.165) is 25.5 Å². The normalized spacial score (nSPS) is 16.5. The SMILES string of the molecule is O=C(NCCNC[C@@H]1CNc2ccnn2C1)c1ccc(F)cc1. The van der Waals surface area contributed by atoms with Gasteiger partial charge in [0.05, 0.1) is 6.20 Å². The van der Waals surface area contributed by atoms with Crippen LogP contribution in [0.2, 0.25) is 0 Å². The number of carbonyl (C=O) groups excluding carboxylic acids is 1. The quantitative estimate of drug-likeness (QED) is 0.697. The first-order chi connectivity index (χ1) is 11.2. The third-order valence-electron chi connectivity index (χ3n) is 3.85. The van der Waals surface area contributed by atoms with Gasteiger partial charge in [-0.3, -0.25) is 4.79 Å². The zero-order valence-electron chi connectivity index (χ0n) is 12.8. The monoisotopic (exact) mass is 317 g/mol. The zero-order valence-corrected chi connectivity index (χ0v) is 12.8. The molecule has 122 valence electrons. The Hall–Kier alpha value is -2.41. The summed E-state index contributed by atoms with van der Waals surface area (Å²) in [4.78, 5) is 11.8. The van der Waals surface area contributed by atoms with E-state index in [4.69, 9.17) is 0 Å². The highest BCUT2D eigenvalue weighted by Crippen LogP contribution is 2.15. The number of fused-ring (bicyclic) bond motifs is 1. The van der Waals surface area contributed by atoms with Gasteiger partial charge in [-0.2, -0.15) is 5.10 Å². The van der Waals surface area contributed by atoms with Gasteiger partial charge in [-0.15, -0.1) is 0 Å². The summed E-state index contributed by atoms with van der Waals surface area (Å²) in [5, 5.41) is 13.7. The molecule has 1 amide bonds. The first kappa shape index (κ1) is 15.5. The molecule has 1 aliphatic rings. The van der Waals surface area contributed by atoms with Crippen LogP contribution in [0.3, 0.4) is 0 Å². The summed E-state index contributed by atoms with van der Waals surface area (Å²) in [7, 11) is 0. The summed E-state index contributed by atoms with van der Waals surface area (Å²) in [6.45, 7) is 3.89. The van der Waals surface area contributed by atoms with E-state index < -0.39 is 0 Å². The Morgan fingerprint density at radius 2 is 2.13 bits per heavy atom. The molecular formula is C16H20FN5O. The van der Waals surface area contributed by atoms with Crippen LogP contribution >= 0.6 is 0 Å². The number of rotatable bonds is 6. The van der Waals surface area contributed by atoms with Crippen molar-refractivity contribution >= 4 is 11.7 Å². The highest BCUT2D eigenvalue weighted by atomic mass is 19.1. The van der Waals surface area contributed by atoms with Gasteiger partial charge in [-0.05, 0) is 24.3 Å². The molecule has 2 aromatic rings. The predicted molar refractivity (Wildman–Crippen MR) is 85.8 cm³/mol. The molecule has 1 aromatic carbocycles. The van der Waals surface area contributed by atoms with Crippen LogP contribution in [-0.4, -0.2) is 41.9 Å². The number of anilines is 1. The van der Waals surface area contributed by atoms with Crippen molar-refractivity contribution in [1.82, 2.24) is 20.4 Å². The fourth-order valence-corrected chi connectivity index (χ4v) is 2.60. The molecule has 0 bridgehead atoms. The second-order valence-corrected chi connectivity index (χ2v) is 5.61. The van der Waals surface area contributed by atoms with Crippen molar-refractivity contribution in [1.29, 1.82) is 0 Å². The third-order valence-corrected chi connectivity index (χ3v) is 3.85. The molecule has 7 heteroatoms. The Morgan fingerprint density at radius 1 is 1.30 bits per heavy atom. The number of nitrogens with one attached hydrogen (secondary N) is 3. The number of carbonyl (C=O) groups is 1. The molecule has 0 unspecified atom stereocenters. The van der Waals surface area contributed by atoms with Crippen LogP contribution in [0, 0.1) is 11.7 Å². The van der Waals surface area contributed by atoms with E-state index >= 15 is 0 Å². The van der Waals surface area contributed by atoms with E-state index in [0.29, 0.717) is 24.6 Å². The van der Waals surface area contributed by atoms with Crippen molar-refractivity contribution in [3.05, 3.63) is 47.9 Å². The summed E-state index contributed by atoms with van der Waals surface area (Å²) in [5.41, 5.74) is 0.467. The molecule has 6 nitrogen and oxygen atoms in total. The molecule has 0 saturated heterocycles. The molecule has 0 fully saturated rings. The fraction of sp³-hybridized carbons (Fsp3) is 0.375. The third kappa shape index (κ3) is 4.07. The van der Waals surface area contributed by atoms with Crippen molar-refractivity contribution in [2.75, 3.05) is 31.5 Å². The lowest BCUT2D eigenvalue weighted by Crippen LogP contribution is -2.38. The fourth-order valence-electron chi connectivity index (χ4n) is 2.60. The number of hydrogen-bond donors (Lipinski definition) is 3. The first-order valence-corrected chi connectivity index (χ1v) is 7.72. The minimum absolute atomic E-state index is 0.188. The van der Waals surface area contributed by atoms with Crippen molar-refractivity contribution in [2.24, 2.45) is 5.92 Å². The predicted octanol–water partition coefficient (Wildman–Crippen LogP) is 1.08. The Kier molecular flexibility index (Phi) is 4.87. The number of halogens is 1. The van der Waals surface area contributed by atoms with Crippen molar-refractivity contribution in [3.8, 4) is 0 Å². The molecule has 3 rings (SSSR count). The summed E-state index contributed by atoms with van der Waals surface area (Å²) < 4.78 is 14.8. The van der Waals surface area contributed by atoms with Gasteiger partial charge in [0, 0.05) is 50.3 Å². The zero-order chi connectivity index (χ0) is 16.1. The number of hydrogen-bond acceptors (Lipinski definition) is 4. The van der Waals surface area contributed by atoms with Crippen molar-refractivity contribution in [3.63, 3.8) is 0 Å². The second-order valence-electron chi connectivity index (χ2n) is 5.61. The van der Waals surface area contributed by atoms with E-state index in [1.807, 2.05) is 10.7 Å². The standard InChI is InChI=1S/C16H20FN5O/c17-14-3-1-13(2-4-14)16(23)19-8-7-18-9-12-10-20-15-5-6-21-22(15)11-12/h1-6,12,18,20H,7-11H2,(H,19,23)/t12-/m1/s1. The molecule has 1 aromatic heterocycles. The van der Waals surface area contributed by atoms with E-state index in [2.05, 4.69) is 21.0 Å². The summed E-state index contributed by atoms with van der Waals surface area (Å²) in [5.74, 6) is 1.000. The lowest BCUT2D eigenvalue weighted by atomic mass is 10.1. The van der Waals surface area contributed by atoms with Gasteiger partial charge in [0.25, 0.3) is 5.91 Å². The average Bonchev–Trinajstić information content (AvgIpc) is 3.02. The lowest BCUT2D eigenvalue weighted by Gasteiger charge is -2.25. The average molecular weight is 317 g/mol. The molecule has 1 atom stereocenters. The molecule has 23 heavy (non-hydrogen) atoms. The lowest BCUT2D eigenvalue weighted by molar-refractivity contribution is 0.0954. The van der Waals surface area contributed by atoms with Crippen LogP contribution in [0.4, 0.5) is 10.2 Å². The minimum Gasteiger partial charge on any atom is -0.370 e. The number of nitrogens with zero attached hydrogens (tertiary/aromatic N) is 2. The van der Waals surface area contributed by atoms with Crippen LogP contribution in [-0.2, 0) is 6.54 Å². The van der Waals surface area contributed by atoms with Gasteiger partial charge in [-0.1, -0.05) is 0 Å². The van der Waals surface area contributed by atoms with Crippen LogP contribution in [0.25, 0.3) is 0 Å². The molecular weight excluding hydrogens is 297 g/mol. The van der Waals surface area contributed by atoms with E-state index in [1.54, 1.807) is 6.20 Å². The molecule has 0 saturated carbocycles. The number of benzene rings is 1. The number of aromatic nitrogens is 2. The maximum absolute atomic E-state index is 12.8. The van der Waals surface area contributed by atoms with E-state index in [1.165, 1.54) is 24.3 Å². The Bertz CT molecular complexity index is 655. The van der Waals surface area contributed by atoms with Crippen LogP contribution in [0.15, 0.2) is 36.5 Å². The van der Waals surface area contributed by atoms with Crippen LogP contribution in [0.1, 0.15) is 10.4 Å². The van der Waals surface area contributed by atoms with E-state index in [-0.39, 0.29) is 11.7 Å². The molecule has 0 aliphatic carbocycles. The van der Waals surface area contributed by atoms with E-state index in [9.17, 15) is 9.18 Å². The van der Waals surface area contributed by atoms with Crippen LogP contribution < -0.4 is 16.0 Å².